The van der Waals surface area contributed by atoms with Gasteiger partial charge in [-0.05, 0) is 22.3 Å². The molecule has 0 N–H and O–H groups in total. The molecule has 32 heavy (non-hydrogen) atoms. The predicted molar refractivity (Wildman–Crippen MR) is 130 cm³/mol. The molecule has 156 valence electrons. The Kier molecular flexibility index (Phi) is 6.74. The molecule has 0 amide bonds. The van der Waals surface area contributed by atoms with Crippen molar-refractivity contribution in [3.8, 4) is 0 Å². The van der Waals surface area contributed by atoms with E-state index in [0.29, 0.717) is 5.57 Å². The lowest BCUT2D eigenvalue weighted by atomic mass is 9.79. The number of hydrogen-bond acceptors (Lipinski definition) is 2. The highest BCUT2D eigenvalue weighted by Gasteiger charge is 2.30. The van der Waals surface area contributed by atoms with Crippen LogP contribution in [-0.4, -0.2) is 5.97 Å². The van der Waals surface area contributed by atoms with E-state index in [1.54, 1.807) is 0 Å². The van der Waals surface area contributed by atoms with Crippen molar-refractivity contribution in [2.75, 3.05) is 0 Å². The van der Waals surface area contributed by atoms with Gasteiger partial charge in [-0.2, -0.15) is 0 Å². The van der Waals surface area contributed by atoms with Gasteiger partial charge >= 0.3 is 5.97 Å². The summed E-state index contributed by atoms with van der Waals surface area (Å²) in [6.45, 7) is 3.63. The maximum absolute atomic E-state index is 13.6. The second-order valence-corrected chi connectivity index (χ2v) is 7.35. The third-order valence-corrected chi connectivity index (χ3v) is 5.36. The molecule has 0 radical (unpaired) electrons. The number of carbonyl (C=O) groups is 1. The first-order valence-electron chi connectivity index (χ1n) is 10.6. The molecule has 0 unspecified atom stereocenters. The average Bonchev–Trinajstić information content (AvgIpc) is 2.86. The fraction of sp³-hybridized carbons (Fsp3) is 0.0333. The van der Waals surface area contributed by atoms with E-state index in [1.807, 2.05) is 121 Å². The molecule has 0 spiro atoms. The molecule has 0 aliphatic heterocycles. The summed E-state index contributed by atoms with van der Waals surface area (Å²) in [5, 5.41) is 0. The van der Waals surface area contributed by atoms with Crippen LogP contribution in [0.25, 0.3) is 5.57 Å². The zero-order chi connectivity index (χ0) is 22.2. The summed E-state index contributed by atoms with van der Waals surface area (Å²) in [7, 11) is 0. The fourth-order valence-electron chi connectivity index (χ4n) is 4.01. The van der Waals surface area contributed by atoms with Gasteiger partial charge in [-0.25, -0.2) is 4.79 Å². The van der Waals surface area contributed by atoms with Gasteiger partial charge < -0.3 is 4.74 Å². The summed E-state index contributed by atoms with van der Waals surface area (Å²) in [5.41, 5.74) is 5.34. The van der Waals surface area contributed by atoms with E-state index in [0.717, 1.165) is 27.8 Å². The maximum atomic E-state index is 13.6. The summed E-state index contributed by atoms with van der Waals surface area (Å²) < 4.78 is 5.42. The predicted octanol–water partition coefficient (Wildman–Crippen LogP) is 7.01. The highest BCUT2D eigenvalue weighted by Crippen LogP contribution is 2.39. The topological polar surface area (TPSA) is 26.3 Å². The monoisotopic (exact) mass is 416 g/mol. The summed E-state index contributed by atoms with van der Waals surface area (Å²) in [5.74, 6) is -0.735. The second-order valence-electron chi connectivity index (χ2n) is 7.35. The van der Waals surface area contributed by atoms with Crippen LogP contribution in [0.4, 0.5) is 0 Å². The molecule has 0 aliphatic carbocycles. The summed E-state index contributed by atoms with van der Waals surface area (Å²) >= 11 is 0. The lowest BCUT2D eigenvalue weighted by Crippen LogP contribution is -2.17. The normalized spacial score (nSPS) is 10.4. The molecule has 2 heteroatoms. The zero-order valence-electron chi connectivity index (χ0n) is 17.7. The Labute approximate surface area is 189 Å². The molecular formula is C30H24O2. The molecule has 0 aliphatic rings. The Bertz CT molecular complexity index is 1110. The Morgan fingerprint density at radius 1 is 0.625 bits per heavy atom. The first-order valence-corrected chi connectivity index (χ1v) is 10.6. The molecule has 4 aromatic rings. The van der Waals surface area contributed by atoms with Crippen LogP contribution in [0.5, 0.6) is 0 Å². The minimum atomic E-state index is -0.416. The molecule has 0 fully saturated rings. The van der Waals surface area contributed by atoms with Crippen LogP contribution >= 0.6 is 0 Å². The second kappa shape index (κ2) is 10.2. The van der Waals surface area contributed by atoms with Crippen molar-refractivity contribution >= 4 is 11.5 Å². The van der Waals surface area contributed by atoms with E-state index in [1.165, 1.54) is 6.26 Å². The molecule has 0 heterocycles. The number of hydrogen-bond donors (Lipinski definition) is 0. The van der Waals surface area contributed by atoms with Crippen molar-refractivity contribution in [1.29, 1.82) is 0 Å². The van der Waals surface area contributed by atoms with E-state index < -0.39 is 5.97 Å². The smallest absolute Gasteiger partial charge is 0.340 e. The van der Waals surface area contributed by atoms with Gasteiger partial charge in [0.15, 0.2) is 0 Å². The van der Waals surface area contributed by atoms with Crippen LogP contribution in [0.3, 0.4) is 0 Å². The summed E-state index contributed by atoms with van der Waals surface area (Å²) in [6.07, 6.45) is 1.20. The number of carbonyl (C=O) groups excluding carboxylic acids is 1. The Morgan fingerprint density at radius 3 is 1.38 bits per heavy atom. The van der Waals surface area contributed by atoms with E-state index in [-0.39, 0.29) is 5.92 Å². The lowest BCUT2D eigenvalue weighted by molar-refractivity contribution is -0.133. The van der Waals surface area contributed by atoms with Gasteiger partial charge in [0.1, 0.15) is 0 Å². The third kappa shape index (κ3) is 4.60. The Hall–Kier alpha value is -4.17. The Balaban J connectivity index is 2.10. The molecule has 0 atom stereocenters. The molecule has 0 saturated carbocycles. The van der Waals surface area contributed by atoms with Gasteiger partial charge in [-0.15, -0.1) is 0 Å². The molecular weight excluding hydrogens is 392 g/mol. The molecule has 4 aromatic carbocycles. The summed E-state index contributed by atoms with van der Waals surface area (Å²) in [4.78, 5) is 13.6. The van der Waals surface area contributed by atoms with E-state index in [4.69, 9.17) is 4.74 Å². The number of ether oxygens (including phenoxy) is 1. The SMILES string of the molecule is C=COC(=O)C(=C(c1ccccc1)c1ccccc1)C(c1ccccc1)c1ccccc1. The van der Waals surface area contributed by atoms with Gasteiger partial charge in [0.05, 0.1) is 11.8 Å². The van der Waals surface area contributed by atoms with Crippen LogP contribution < -0.4 is 0 Å². The van der Waals surface area contributed by atoms with Crippen LogP contribution in [0.15, 0.2) is 140 Å². The van der Waals surface area contributed by atoms with Crippen molar-refractivity contribution in [2.24, 2.45) is 0 Å². The van der Waals surface area contributed by atoms with Gasteiger partial charge in [0, 0.05) is 11.5 Å². The third-order valence-electron chi connectivity index (χ3n) is 5.36. The highest BCUT2D eigenvalue weighted by molar-refractivity contribution is 6.04. The largest absolute Gasteiger partial charge is 0.432 e. The molecule has 0 bridgehead atoms. The minimum absolute atomic E-state index is 0.319. The van der Waals surface area contributed by atoms with Gasteiger partial charge in [0.25, 0.3) is 0 Å². The number of rotatable bonds is 7. The summed E-state index contributed by atoms with van der Waals surface area (Å²) in [6, 6.07) is 40.1. The van der Waals surface area contributed by atoms with Crippen molar-refractivity contribution in [2.45, 2.75) is 5.92 Å². The Morgan fingerprint density at radius 2 is 1.00 bits per heavy atom. The maximum Gasteiger partial charge on any atom is 0.340 e. The van der Waals surface area contributed by atoms with Crippen LogP contribution in [0.1, 0.15) is 28.2 Å². The van der Waals surface area contributed by atoms with Gasteiger partial charge in [-0.3, -0.25) is 0 Å². The molecule has 0 aromatic heterocycles. The number of benzene rings is 4. The quantitative estimate of drug-likeness (QED) is 0.184. The van der Waals surface area contributed by atoms with Crippen molar-refractivity contribution in [1.82, 2.24) is 0 Å². The number of esters is 1. The molecule has 4 rings (SSSR count). The van der Waals surface area contributed by atoms with E-state index >= 15 is 0 Å². The van der Waals surface area contributed by atoms with E-state index in [9.17, 15) is 4.79 Å². The molecule has 2 nitrogen and oxygen atoms in total. The van der Waals surface area contributed by atoms with Gasteiger partial charge in [0.2, 0.25) is 0 Å². The van der Waals surface area contributed by atoms with Crippen molar-refractivity contribution in [3.63, 3.8) is 0 Å². The first-order chi connectivity index (χ1) is 15.8. The van der Waals surface area contributed by atoms with E-state index in [2.05, 4.69) is 6.58 Å². The first kappa shape index (κ1) is 21.1. The standard InChI is InChI=1S/C30H24O2/c1-2-32-30(31)29(27(23-15-7-3-8-16-23)24-17-9-4-10-18-24)28(25-19-11-5-12-20-25)26-21-13-6-14-22-26/h2-22,27H,1H2. The van der Waals surface area contributed by atoms with Crippen molar-refractivity contribution < 1.29 is 9.53 Å². The average molecular weight is 417 g/mol. The zero-order valence-corrected chi connectivity index (χ0v) is 17.7. The van der Waals surface area contributed by atoms with Gasteiger partial charge in [-0.1, -0.05) is 128 Å². The van der Waals surface area contributed by atoms with Crippen LogP contribution in [-0.2, 0) is 9.53 Å². The molecule has 0 saturated heterocycles. The minimum Gasteiger partial charge on any atom is -0.432 e. The van der Waals surface area contributed by atoms with Crippen LogP contribution in [0.2, 0.25) is 0 Å². The lowest BCUT2D eigenvalue weighted by Gasteiger charge is -2.24. The highest BCUT2D eigenvalue weighted by atomic mass is 16.5. The van der Waals surface area contributed by atoms with Crippen LogP contribution in [0, 0.1) is 0 Å². The fourth-order valence-corrected chi connectivity index (χ4v) is 4.01. The van der Waals surface area contributed by atoms with Crippen molar-refractivity contribution in [3.05, 3.63) is 162 Å².